The molecule has 1 amide bonds. The molecule has 1 aromatic rings. The lowest BCUT2D eigenvalue weighted by Crippen LogP contribution is -2.21. The number of esters is 1. The third-order valence-electron chi connectivity index (χ3n) is 1.96. The minimum Gasteiger partial charge on any atom is -0.420 e. The minimum atomic E-state index is -0.787. The predicted molar refractivity (Wildman–Crippen MR) is 79.5 cm³/mol. The number of hydrogen-bond acceptors (Lipinski definition) is 3. The molecule has 0 unspecified atom stereocenters. The molecule has 0 spiro atoms. The van der Waals surface area contributed by atoms with Crippen molar-refractivity contribution in [3.8, 4) is 5.75 Å². The van der Waals surface area contributed by atoms with Crippen LogP contribution in [-0.2, 0) is 9.59 Å². The highest BCUT2D eigenvalue weighted by Crippen LogP contribution is 2.35. The van der Waals surface area contributed by atoms with Crippen molar-refractivity contribution in [1.82, 2.24) is 5.32 Å². The molecule has 0 aliphatic carbocycles. The average molecular weight is 335 g/mol. The van der Waals surface area contributed by atoms with Crippen molar-refractivity contribution < 1.29 is 14.3 Å². The van der Waals surface area contributed by atoms with Gasteiger partial charge in [0, 0.05) is 23.7 Å². The van der Waals surface area contributed by atoms with Crippen LogP contribution in [0.4, 0.5) is 0 Å². The maximum Gasteiger partial charge on any atom is 0.336 e. The van der Waals surface area contributed by atoms with Crippen LogP contribution in [0.15, 0.2) is 36.9 Å². The molecule has 0 bridgehead atoms. The van der Waals surface area contributed by atoms with E-state index in [9.17, 15) is 9.59 Å². The molecule has 0 aliphatic rings. The molecule has 7 heteroatoms. The van der Waals surface area contributed by atoms with Gasteiger partial charge < -0.3 is 10.1 Å². The van der Waals surface area contributed by atoms with E-state index in [1.165, 1.54) is 18.2 Å². The van der Waals surface area contributed by atoms with E-state index >= 15 is 0 Å². The monoisotopic (exact) mass is 333 g/mol. The zero-order valence-corrected chi connectivity index (χ0v) is 12.4. The molecular weight excluding hydrogens is 325 g/mol. The number of amides is 1. The quantitative estimate of drug-likeness (QED) is 0.388. The molecule has 1 N–H and O–H groups in total. The van der Waals surface area contributed by atoms with Gasteiger partial charge in [-0.05, 0) is 12.1 Å². The lowest BCUT2D eigenvalue weighted by molar-refractivity contribution is -0.129. The fraction of sp³-hybridized carbons (Fsp3) is 0.0769. The van der Waals surface area contributed by atoms with Gasteiger partial charge in [-0.3, -0.25) is 4.79 Å². The minimum absolute atomic E-state index is 0.0149. The molecule has 0 radical (unpaired) electrons. The molecule has 4 nitrogen and oxygen atoms in total. The smallest absolute Gasteiger partial charge is 0.336 e. The average Bonchev–Trinajstić information content (AvgIpc) is 2.38. The highest BCUT2D eigenvalue weighted by Gasteiger charge is 2.12. The maximum absolute atomic E-state index is 11.5. The first kappa shape index (κ1) is 16.6. The topological polar surface area (TPSA) is 55.4 Å². The fourth-order valence-corrected chi connectivity index (χ4v) is 2.03. The number of hydrogen-bond donors (Lipinski definition) is 1. The van der Waals surface area contributed by atoms with Crippen LogP contribution < -0.4 is 10.1 Å². The van der Waals surface area contributed by atoms with E-state index in [1.54, 1.807) is 0 Å². The Kier molecular flexibility index (Phi) is 6.58. The highest BCUT2D eigenvalue weighted by atomic mass is 35.5. The Morgan fingerprint density at radius 2 is 1.80 bits per heavy atom. The summed E-state index contributed by atoms with van der Waals surface area (Å²) < 4.78 is 4.94. The second kappa shape index (κ2) is 7.94. The van der Waals surface area contributed by atoms with Gasteiger partial charge in [0.05, 0.1) is 10.0 Å². The largest absolute Gasteiger partial charge is 0.420 e. The normalized spacial score (nSPS) is 10.3. The Morgan fingerprint density at radius 3 is 2.35 bits per heavy atom. The van der Waals surface area contributed by atoms with Crippen molar-refractivity contribution in [3.63, 3.8) is 0 Å². The first-order chi connectivity index (χ1) is 9.43. The molecule has 1 rings (SSSR count). The second-order valence-electron chi connectivity index (χ2n) is 3.49. The maximum atomic E-state index is 11.5. The summed E-state index contributed by atoms with van der Waals surface area (Å²) >= 11 is 17.4. The number of halogens is 3. The lowest BCUT2D eigenvalue weighted by Gasteiger charge is -2.06. The van der Waals surface area contributed by atoms with E-state index in [0.29, 0.717) is 11.6 Å². The first-order valence-corrected chi connectivity index (χ1v) is 6.50. The Morgan fingerprint density at radius 1 is 1.20 bits per heavy atom. The van der Waals surface area contributed by atoms with Crippen molar-refractivity contribution in [1.29, 1.82) is 0 Å². The van der Waals surface area contributed by atoms with E-state index in [-0.39, 0.29) is 15.8 Å². The summed E-state index contributed by atoms with van der Waals surface area (Å²) in [7, 11) is 0. The molecule has 0 atom stereocenters. The van der Waals surface area contributed by atoms with Gasteiger partial charge in [-0.2, -0.15) is 0 Å². The van der Waals surface area contributed by atoms with Gasteiger partial charge in [-0.15, -0.1) is 6.58 Å². The van der Waals surface area contributed by atoms with Crippen LogP contribution in [0.1, 0.15) is 0 Å². The van der Waals surface area contributed by atoms with E-state index in [2.05, 4.69) is 11.9 Å². The van der Waals surface area contributed by atoms with Gasteiger partial charge in [0.1, 0.15) is 0 Å². The molecule has 0 saturated heterocycles. The van der Waals surface area contributed by atoms with Crippen molar-refractivity contribution in [3.05, 3.63) is 52.0 Å². The number of benzene rings is 1. The van der Waals surface area contributed by atoms with Crippen LogP contribution in [0, 0.1) is 0 Å². The summed E-state index contributed by atoms with van der Waals surface area (Å²) in [4.78, 5) is 22.7. The summed E-state index contributed by atoms with van der Waals surface area (Å²) in [6.07, 6.45) is 3.50. The van der Waals surface area contributed by atoms with Crippen LogP contribution in [0.3, 0.4) is 0 Å². The zero-order valence-electron chi connectivity index (χ0n) is 10.2. The van der Waals surface area contributed by atoms with Gasteiger partial charge >= 0.3 is 5.97 Å². The molecule has 0 saturated carbocycles. The summed E-state index contributed by atoms with van der Waals surface area (Å²) in [6.45, 7) is 3.74. The molecule has 1 aromatic carbocycles. The van der Waals surface area contributed by atoms with E-state index < -0.39 is 11.9 Å². The van der Waals surface area contributed by atoms with E-state index in [4.69, 9.17) is 39.5 Å². The summed E-state index contributed by atoms with van der Waals surface area (Å²) in [6, 6.07) is 2.77. The van der Waals surface area contributed by atoms with Crippen molar-refractivity contribution in [2.24, 2.45) is 0 Å². The number of rotatable bonds is 5. The summed E-state index contributed by atoms with van der Waals surface area (Å²) in [5.74, 6) is -1.25. The van der Waals surface area contributed by atoms with Crippen molar-refractivity contribution >= 4 is 46.7 Å². The van der Waals surface area contributed by atoms with Gasteiger partial charge in [0.25, 0.3) is 0 Å². The summed E-state index contributed by atoms with van der Waals surface area (Å²) in [5.41, 5.74) is 0. The first-order valence-electron chi connectivity index (χ1n) is 5.37. The van der Waals surface area contributed by atoms with Gasteiger partial charge in [-0.1, -0.05) is 40.9 Å². The van der Waals surface area contributed by atoms with Crippen LogP contribution in [0.2, 0.25) is 15.1 Å². The van der Waals surface area contributed by atoms with Gasteiger partial charge in [-0.25, -0.2) is 4.79 Å². The molecular formula is C13H10Cl3NO3. The molecule has 0 fully saturated rings. The molecule has 0 aromatic heterocycles. The number of carbonyl (C=O) groups is 2. The number of nitrogens with one attached hydrogen (secondary N) is 1. The Balaban J connectivity index is 2.70. The molecule has 0 aliphatic heterocycles. The highest BCUT2D eigenvalue weighted by molar-refractivity contribution is 6.40. The number of carbonyl (C=O) groups excluding carboxylic acids is 2. The van der Waals surface area contributed by atoms with E-state index in [0.717, 1.165) is 12.2 Å². The molecule has 106 valence electrons. The fourth-order valence-electron chi connectivity index (χ4n) is 1.14. The van der Waals surface area contributed by atoms with Crippen LogP contribution in [0.25, 0.3) is 0 Å². The second-order valence-corrected chi connectivity index (χ2v) is 4.74. The lowest BCUT2D eigenvalue weighted by atomic mass is 10.3. The van der Waals surface area contributed by atoms with Crippen molar-refractivity contribution in [2.45, 2.75) is 0 Å². The Bertz CT molecular complexity index is 547. The van der Waals surface area contributed by atoms with Gasteiger partial charge in [0.15, 0.2) is 5.75 Å². The Hall–Kier alpha value is -1.49. The predicted octanol–water partition coefficient (Wildman–Crippen LogP) is 3.41. The SMILES string of the molecule is C=CCNC(=O)/C=C/C(=O)Oc1c(Cl)cc(Cl)cc1Cl. The van der Waals surface area contributed by atoms with Crippen molar-refractivity contribution in [2.75, 3.05) is 6.54 Å². The van der Waals surface area contributed by atoms with Crippen LogP contribution >= 0.6 is 34.8 Å². The third kappa shape index (κ3) is 5.25. The Labute approximate surface area is 131 Å². The zero-order chi connectivity index (χ0) is 15.1. The standard InChI is InChI=1S/C13H10Cl3NO3/c1-2-5-17-11(18)3-4-12(19)20-13-9(15)6-8(14)7-10(13)16/h2-4,6-7H,1,5H2,(H,17,18)/b4-3+. The van der Waals surface area contributed by atoms with Crippen LogP contribution in [-0.4, -0.2) is 18.4 Å². The van der Waals surface area contributed by atoms with Crippen LogP contribution in [0.5, 0.6) is 5.75 Å². The van der Waals surface area contributed by atoms with E-state index in [1.807, 2.05) is 0 Å². The third-order valence-corrected chi connectivity index (χ3v) is 2.74. The van der Waals surface area contributed by atoms with Gasteiger partial charge in [0.2, 0.25) is 5.91 Å². The molecule has 20 heavy (non-hydrogen) atoms. The number of ether oxygens (including phenoxy) is 1. The summed E-state index contributed by atoms with van der Waals surface area (Å²) in [5, 5.41) is 2.97. The molecule has 0 heterocycles.